The molecule has 24 heavy (non-hydrogen) atoms. The minimum Gasteiger partial charge on any atom is -0.484 e. The van der Waals surface area contributed by atoms with Crippen molar-refractivity contribution in [3.63, 3.8) is 0 Å². The predicted octanol–water partition coefficient (Wildman–Crippen LogP) is 1.94. The van der Waals surface area contributed by atoms with Gasteiger partial charge in [0.05, 0.1) is 0 Å². The fraction of sp³-hybridized carbons (Fsp3) is 0.556. The number of carbonyl (C=O) groups is 2. The molecule has 6 heteroatoms. The van der Waals surface area contributed by atoms with Gasteiger partial charge in [-0.2, -0.15) is 0 Å². The summed E-state index contributed by atoms with van der Waals surface area (Å²) in [4.78, 5) is 27.3. The Labute approximate surface area is 143 Å². The molecule has 3 amide bonds. The van der Waals surface area contributed by atoms with Gasteiger partial charge in [-0.3, -0.25) is 4.79 Å². The van der Waals surface area contributed by atoms with Crippen molar-refractivity contribution in [2.75, 3.05) is 33.8 Å². The SMILES string of the molecule is Cc1ccc(OCC(=O)NC2CCN(C(=O)N(C)C)CC2)c(C)c1. The Bertz CT molecular complexity index is 593. The van der Waals surface area contributed by atoms with Crippen LogP contribution in [0.25, 0.3) is 0 Å². The highest BCUT2D eigenvalue weighted by atomic mass is 16.5. The number of piperidine rings is 1. The van der Waals surface area contributed by atoms with Crippen molar-refractivity contribution in [2.24, 2.45) is 0 Å². The van der Waals surface area contributed by atoms with Crippen LogP contribution in [-0.4, -0.2) is 61.6 Å². The first-order valence-electron chi connectivity index (χ1n) is 8.32. The lowest BCUT2D eigenvalue weighted by Crippen LogP contribution is -2.49. The van der Waals surface area contributed by atoms with E-state index in [0.717, 1.165) is 24.2 Å². The van der Waals surface area contributed by atoms with Gasteiger partial charge in [0.2, 0.25) is 0 Å². The van der Waals surface area contributed by atoms with Crippen molar-refractivity contribution >= 4 is 11.9 Å². The van der Waals surface area contributed by atoms with E-state index in [4.69, 9.17) is 4.74 Å². The molecule has 0 spiro atoms. The molecule has 0 atom stereocenters. The Morgan fingerprint density at radius 3 is 2.50 bits per heavy atom. The number of urea groups is 1. The van der Waals surface area contributed by atoms with Crippen molar-refractivity contribution in [2.45, 2.75) is 32.7 Å². The summed E-state index contributed by atoms with van der Waals surface area (Å²) in [7, 11) is 3.50. The Morgan fingerprint density at radius 1 is 1.25 bits per heavy atom. The van der Waals surface area contributed by atoms with Crippen LogP contribution in [-0.2, 0) is 4.79 Å². The second kappa shape index (κ2) is 8.04. The number of benzene rings is 1. The minimum atomic E-state index is -0.118. The lowest BCUT2D eigenvalue weighted by Gasteiger charge is -2.33. The monoisotopic (exact) mass is 333 g/mol. The second-order valence-corrected chi connectivity index (χ2v) is 6.56. The zero-order valence-corrected chi connectivity index (χ0v) is 15.0. The van der Waals surface area contributed by atoms with Gasteiger partial charge in [-0.25, -0.2) is 4.79 Å². The fourth-order valence-electron chi connectivity index (χ4n) is 2.87. The third-order valence-corrected chi connectivity index (χ3v) is 4.20. The third kappa shape index (κ3) is 4.88. The number of nitrogens with zero attached hydrogens (tertiary/aromatic N) is 2. The maximum absolute atomic E-state index is 12.1. The number of aryl methyl sites for hydroxylation is 2. The van der Waals surface area contributed by atoms with Crippen LogP contribution in [0.5, 0.6) is 5.75 Å². The summed E-state index contributed by atoms with van der Waals surface area (Å²) in [5.74, 6) is 0.620. The fourth-order valence-corrected chi connectivity index (χ4v) is 2.87. The van der Waals surface area contributed by atoms with E-state index in [1.165, 1.54) is 5.56 Å². The Morgan fingerprint density at radius 2 is 1.92 bits per heavy atom. The summed E-state index contributed by atoms with van der Waals surface area (Å²) in [5, 5.41) is 2.99. The van der Waals surface area contributed by atoms with E-state index >= 15 is 0 Å². The first-order valence-corrected chi connectivity index (χ1v) is 8.32. The molecule has 1 N–H and O–H groups in total. The highest BCUT2D eigenvalue weighted by molar-refractivity contribution is 5.78. The Balaban J connectivity index is 1.75. The summed E-state index contributed by atoms with van der Waals surface area (Å²) in [6.45, 7) is 5.34. The van der Waals surface area contributed by atoms with Gasteiger partial charge < -0.3 is 19.9 Å². The largest absolute Gasteiger partial charge is 0.484 e. The number of rotatable bonds is 4. The van der Waals surface area contributed by atoms with Crippen molar-refractivity contribution < 1.29 is 14.3 Å². The van der Waals surface area contributed by atoms with Crippen LogP contribution in [0.4, 0.5) is 4.79 Å². The molecule has 1 aliphatic rings. The number of hydrogen-bond donors (Lipinski definition) is 1. The van der Waals surface area contributed by atoms with Crippen LogP contribution >= 0.6 is 0 Å². The summed E-state index contributed by atoms with van der Waals surface area (Å²) in [6, 6.07) is 6.02. The van der Waals surface area contributed by atoms with Gasteiger partial charge in [0.25, 0.3) is 5.91 Å². The maximum atomic E-state index is 12.1. The summed E-state index contributed by atoms with van der Waals surface area (Å²) in [6.07, 6.45) is 1.55. The lowest BCUT2D eigenvalue weighted by molar-refractivity contribution is -0.124. The Hall–Kier alpha value is -2.24. The number of likely N-dealkylation sites (tertiary alicyclic amines) is 1. The summed E-state index contributed by atoms with van der Waals surface area (Å²) >= 11 is 0. The van der Waals surface area contributed by atoms with Gasteiger partial charge in [-0.15, -0.1) is 0 Å². The topological polar surface area (TPSA) is 61.9 Å². The van der Waals surface area contributed by atoms with Crippen molar-refractivity contribution in [3.05, 3.63) is 29.3 Å². The van der Waals surface area contributed by atoms with Crippen LogP contribution < -0.4 is 10.1 Å². The van der Waals surface area contributed by atoms with Gasteiger partial charge in [0, 0.05) is 33.2 Å². The third-order valence-electron chi connectivity index (χ3n) is 4.20. The average Bonchev–Trinajstić information content (AvgIpc) is 2.54. The summed E-state index contributed by atoms with van der Waals surface area (Å²) in [5.41, 5.74) is 2.20. The van der Waals surface area contributed by atoms with Crippen molar-refractivity contribution in [3.8, 4) is 5.75 Å². The molecule has 2 rings (SSSR count). The van der Waals surface area contributed by atoms with Crippen LogP contribution in [0.3, 0.4) is 0 Å². The zero-order valence-electron chi connectivity index (χ0n) is 15.0. The minimum absolute atomic E-state index is 0.0146. The number of hydrogen-bond acceptors (Lipinski definition) is 3. The zero-order chi connectivity index (χ0) is 17.7. The molecule has 0 bridgehead atoms. The molecule has 0 aliphatic carbocycles. The highest BCUT2D eigenvalue weighted by Crippen LogP contribution is 2.18. The van der Waals surface area contributed by atoms with Gasteiger partial charge in [0.15, 0.2) is 6.61 Å². The van der Waals surface area contributed by atoms with Gasteiger partial charge in [-0.1, -0.05) is 17.7 Å². The van der Waals surface area contributed by atoms with E-state index in [0.29, 0.717) is 13.1 Å². The van der Waals surface area contributed by atoms with Crippen molar-refractivity contribution in [1.82, 2.24) is 15.1 Å². The highest BCUT2D eigenvalue weighted by Gasteiger charge is 2.24. The molecular formula is C18H27N3O3. The molecule has 1 aromatic rings. The molecule has 0 saturated carbocycles. The van der Waals surface area contributed by atoms with E-state index in [2.05, 4.69) is 5.32 Å². The maximum Gasteiger partial charge on any atom is 0.319 e. The average molecular weight is 333 g/mol. The number of nitrogens with one attached hydrogen (secondary N) is 1. The molecule has 0 radical (unpaired) electrons. The van der Waals surface area contributed by atoms with Crippen LogP contribution in [0.1, 0.15) is 24.0 Å². The Kier molecular flexibility index (Phi) is 6.06. The van der Waals surface area contributed by atoms with Crippen molar-refractivity contribution in [1.29, 1.82) is 0 Å². The van der Waals surface area contributed by atoms with Crippen LogP contribution in [0.2, 0.25) is 0 Å². The molecule has 0 aromatic heterocycles. The molecule has 1 heterocycles. The van der Waals surface area contributed by atoms with E-state index in [-0.39, 0.29) is 24.6 Å². The predicted molar refractivity (Wildman–Crippen MR) is 93.2 cm³/mol. The second-order valence-electron chi connectivity index (χ2n) is 6.56. The van der Waals surface area contributed by atoms with E-state index < -0.39 is 0 Å². The van der Waals surface area contributed by atoms with Crippen LogP contribution in [0, 0.1) is 13.8 Å². The van der Waals surface area contributed by atoms with E-state index in [1.54, 1.807) is 19.0 Å². The molecule has 132 valence electrons. The standard InChI is InChI=1S/C18H27N3O3/c1-13-5-6-16(14(2)11-13)24-12-17(22)19-15-7-9-21(10-8-15)18(23)20(3)4/h5-6,11,15H,7-10,12H2,1-4H3,(H,19,22). The lowest BCUT2D eigenvalue weighted by atomic mass is 10.1. The molecule has 1 saturated heterocycles. The molecule has 6 nitrogen and oxygen atoms in total. The van der Waals surface area contributed by atoms with Gasteiger partial charge >= 0.3 is 6.03 Å². The summed E-state index contributed by atoms with van der Waals surface area (Å²) < 4.78 is 5.60. The molecular weight excluding hydrogens is 306 g/mol. The number of carbonyl (C=O) groups excluding carboxylic acids is 2. The van der Waals surface area contributed by atoms with Gasteiger partial charge in [0.1, 0.15) is 5.75 Å². The molecule has 1 aliphatic heterocycles. The molecule has 0 unspecified atom stereocenters. The first kappa shape index (κ1) is 18.1. The number of ether oxygens (including phenoxy) is 1. The smallest absolute Gasteiger partial charge is 0.319 e. The molecule has 1 aromatic carbocycles. The van der Waals surface area contributed by atoms with E-state index in [1.807, 2.05) is 36.9 Å². The first-order chi connectivity index (χ1) is 11.4. The molecule has 1 fully saturated rings. The normalized spacial score (nSPS) is 15.1. The number of amides is 3. The van der Waals surface area contributed by atoms with Gasteiger partial charge in [-0.05, 0) is 38.3 Å². The van der Waals surface area contributed by atoms with Crippen LogP contribution in [0.15, 0.2) is 18.2 Å². The quantitative estimate of drug-likeness (QED) is 0.916. The van der Waals surface area contributed by atoms with E-state index in [9.17, 15) is 9.59 Å².